The molecule has 6 aliphatic carbocycles. The van der Waals surface area contributed by atoms with E-state index in [1.165, 1.54) is 104 Å². The molecule has 3 radical (unpaired) electrons. The Labute approximate surface area is 835 Å². The maximum atomic E-state index is 13.6. The molecule has 0 bridgehead atoms. The zero-order chi connectivity index (χ0) is 204. The van der Waals surface area contributed by atoms with Gasteiger partial charge in [-0.05, 0) is 277 Å². The number of thiophene rings is 3. The van der Waals surface area contributed by atoms with Crippen molar-refractivity contribution in [1.82, 2.24) is 23.8 Å². The maximum absolute atomic E-state index is 13.6. The van der Waals surface area contributed by atoms with E-state index in [1.54, 1.807) is 17.4 Å². The Morgan fingerprint density at radius 3 is 1.39 bits per heavy atom. The summed E-state index contributed by atoms with van der Waals surface area (Å²) in [4.78, 5) is 68.2. The fourth-order valence-electron chi connectivity index (χ4n) is 15.4. The number of benzene rings is 3. The van der Waals surface area contributed by atoms with Gasteiger partial charge < -0.3 is 26.5 Å². The molecule has 14 nitrogen and oxygen atoms in total. The summed E-state index contributed by atoms with van der Waals surface area (Å²) in [5.41, 5.74) is 16.1. The summed E-state index contributed by atoms with van der Waals surface area (Å²) in [5.74, 6) is 2.59. The smallest absolute Gasteiger partial charge is 1.00 e. The maximum Gasteiger partial charge on any atom is 1.00 e. The van der Waals surface area contributed by atoms with E-state index in [-0.39, 0.29) is 68.6 Å². The van der Waals surface area contributed by atoms with Crippen LogP contribution in [0.2, 0.25) is 0 Å². The van der Waals surface area contributed by atoms with Crippen molar-refractivity contribution in [1.29, 1.82) is 0 Å². The van der Waals surface area contributed by atoms with Crippen LogP contribution in [-0.2, 0) is 20.7 Å². The van der Waals surface area contributed by atoms with Crippen LogP contribution in [0.4, 0.5) is 18.0 Å². The summed E-state index contributed by atoms with van der Waals surface area (Å²) >= 11 is 5.39. The number of hydrogen-bond donors (Lipinski definition) is 3. The van der Waals surface area contributed by atoms with E-state index < -0.39 is 36.7 Å². The largest absolute Gasteiger partial charge is 1.00 e. The van der Waals surface area contributed by atoms with Crippen molar-refractivity contribution in [2.75, 3.05) is 0 Å². The number of pyridine rings is 3. The first-order valence-corrected chi connectivity index (χ1v) is 37.7. The molecule has 0 spiro atoms. The van der Waals surface area contributed by atoms with E-state index in [2.05, 4.69) is 143 Å². The Bertz CT molecular complexity index is 4980. The van der Waals surface area contributed by atoms with E-state index in [4.69, 9.17) is 209 Å². The normalized spacial score (nSPS) is 25.8. The van der Waals surface area contributed by atoms with Gasteiger partial charge in [0.25, 0.3) is 0 Å². The molecule has 102 heavy (non-hydrogen) atoms. The molecule has 22 heteroatoms. The molecule has 4 N–H and O–H groups in total. The molecular formula is C80H218BF3N6NaO8S3. The Morgan fingerprint density at radius 1 is 0.559 bits per heavy atom. The van der Waals surface area contributed by atoms with Crippen molar-refractivity contribution in [3.8, 4) is 0 Å². The Balaban J connectivity index is -0.0000000262. The van der Waals surface area contributed by atoms with Gasteiger partial charge in [-0.1, -0.05) is 54.6 Å². The fraction of sp³-hybridized carbons (Fsp3) is 0.400. The quantitative estimate of drug-likeness (QED) is 0.0428. The van der Waals surface area contributed by atoms with Gasteiger partial charge >= 0.3 is 53.8 Å². The Hall–Kier alpha value is -7.37. The van der Waals surface area contributed by atoms with Crippen LogP contribution in [0.25, 0.3) is 41.3 Å². The molecule has 1 amide bonds. The molecule has 6 fully saturated rings. The zero-order valence-corrected chi connectivity index (χ0v) is 62.2. The summed E-state index contributed by atoms with van der Waals surface area (Å²) in [7, 11) is 0. The number of carbonyl (C=O) groups is 5. The molecule has 1 unspecified atom stereocenters. The van der Waals surface area contributed by atoms with E-state index in [0.717, 1.165) is 118 Å². The number of ether oxygens (including phenoxy) is 1. The average molecular weight is 1710 g/mol. The van der Waals surface area contributed by atoms with Crippen molar-refractivity contribution in [3.05, 3.63) is 207 Å². The third-order valence-electron chi connectivity index (χ3n) is 21.0. The predicted molar refractivity (Wildman–Crippen MR) is 537 cm³/mol. The number of aromatic nitrogens is 5. The number of carboxylic acid groups (broad SMARTS) is 1. The van der Waals surface area contributed by atoms with Crippen molar-refractivity contribution >= 4 is 113 Å². The van der Waals surface area contributed by atoms with E-state index in [1.807, 2.05) is 52.1 Å². The number of hydrogen-bond acceptors (Lipinski definition) is 13. The van der Waals surface area contributed by atoms with Crippen LogP contribution in [0.15, 0.2) is 150 Å². The van der Waals surface area contributed by atoms with Gasteiger partial charge in [-0.2, -0.15) is 13.2 Å². The monoisotopic (exact) mass is 1710 g/mol. The number of carbonyl (C=O) groups excluding carboxylic acids is 4. The summed E-state index contributed by atoms with van der Waals surface area (Å²) in [6, 6.07) is 38.8. The van der Waals surface area contributed by atoms with Gasteiger partial charge in [0.05, 0.1) is 65.7 Å². The van der Waals surface area contributed by atoms with Gasteiger partial charge in [0, 0.05) is 247 Å². The molecule has 0 saturated heterocycles. The molecule has 11 aromatic rings. The van der Waals surface area contributed by atoms with Gasteiger partial charge in [-0.25, -0.2) is 19.7 Å². The number of aliphatic hydroxyl groups excluding tert-OH is 1. The summed E-state index contributed by atoms with van der Waals surface area (Å²) in [5, 5.41) is 29.0. The summed E-state index contributed by atoms with van der Waals surface area (Å²) in [6.07, 6.45) is 19.2. The van der Waals surface area contributed by atoms with Gasteiger partial charge in [0.1, 0.15) is 5.69 Å². The third kappa shape index (κ3) is 18.6. The molecule has 1 atom stereocenters. The zero-order valence-electron chi connectivity index (χ0n) is 193. The van der Waals surface area contributed by atoms with E-state index >= 15 is 0 Å². The number of esters is 2. The van der Waals surface area contributed by atoms with Gasteiger partial charge in [-0.15, -0.1) is 34.0 Å². The molecule has 17 rings (SSSR count). The molecule has 3 aromatic carbocycles. The Morgan fingerprint density at radius 2 is 0.951 bits per heavy atom. The van der Waals surface area contributed by atoms with Gasteiger partial charge in [0.15, 0.2) is 11.6 Å². The number of primary amides is 1. The first-order chi connectivity index (χ1) is 115. The molecule has 8 heterocycles. The van der Waals surface area contributed by atoms with Crippen LogP contribution < -0.4 is 35.3 Å². The standard InChI is InChI=1S/C25H24F3NOS.C25H26N2OS.C25H24N2OS.C4H6O3.CH3NO2.B.Na.67H2.H/c26-25(27,28)14-20-9-10-21(16-3-4-16)23(29-20)24(30)18-6-1-15(2-7-18)19-8-5-17-11-12-31-22(17)13-19;2*28-25(24-22(17-3-4-17)10-9-21-14-26-15-27(21)24)19-6-1-16(2-7-19)20-8-5-18-11-12-29-23(18)13-20;1-3(5)7-4(2)6;2-1(3)4;;;;;;;;;;;;;;;;;;;;;;;;;;;;;;;;;;;;;;;;;;;;;;;;;;;;;;;;;;;;;;;;;;;;;;/h5,8-13,15-16,18H,1-4,6-7,14H2;5,8-17,19,25,28H,1-4,6-7H2;5,8-17,19H,1-4,6-7H2;1-2H3;2H2,(H,3,4);;;67*1H;/q;;;;;;+1;;;;;;;;;;;;;;;;;;;;;;;;;;;;;;;;;;;;;;;;;;;;;;;;;;;;;;;;;;;;;;;;;;;;-1/i;;;;;;;67*1+1D;. The molecule has 6 aliphatic rings. The van der Waals surface area contributed by atoms with Crippen molar-refractivity contribution in [3.63, 3.8) is 0 Å². The minimum absolute atomic E-state index is 0. The summed E-state index contributed by atoms with van der Waals surface area (Å²) in [6.45, 7) is 2.36. The average Bonchev–Trinajstić information content (AvgIpc) is 1.62. The van der Waals surface area contributed by atoms with Crippen LogP contribution >= 0.6 is 34.0 Å². The molecule has 659 valence electrons. The topological polar surface area (TPSA) is 209 Å². The third-order valence-corrected chi connectivity index (χ3v) is 23.6. The second-order valence-corrected chi connectivity index (χ2v) is 30.8. The summed E-state index contributed by atoms with van der Waals surface area (Å²) < 4.78 is 721. The number of alkyl halides is 3. The molecule has 8 aromatic heterocycles. The number of rotatable bonds is 13. The minimum atomic E-state index is -4.32. The molecule has 6 saturated carbocycles. The van der Waals surface area contributed by atoms with Crippen molar-refractivity contribution < 1.29 is 282 Å². The number of fused-ring (bicyclic) bond motifs is 5. The number of nitrogens with zero attached hydrogens (tertiary/aromatic N) is 5. The first kappa shape index (κ1) is 28.2. The second-order valence-electron chi connectivity index (χ2n) is 28.0. The van der Waals surface area contributed by atoms with Crippen LogP contribution in [0.3, 0.4) is 0 Å². The number of aliphatic hydroxyl groups is 1. The van der Waals surface area contributed by atoms with Crippen molar-refractivity contribution in [2.24, 2.45) is 23.5 Å². The number of nitrogens with two attached hydrogens (primary N) is 1. The fourth-order valence-corrected chi connectivity index (χ4v) is 18.0. The van der Waals surface area contributed by atoms with Crippen LogP contribution in [0, 0.1) is 17.8 Å². The molecule has 0 aliphatic heterocycles. The van der Waals surface area contributed by atoms with Crippen LogP contribution in [-0.4, -0.2) is 78.2 Å². The minimum Gasteiger partial charge on any atom is -1.00 e. The van der Waals surface area contributed by atoms with Gasteiger partial charge in [-0.3, -0.25) is 23.6 Å². The number of amides is 1. The van der Waals surface area contributed by atoms with Crippen molar-refractivity contribution in [2.45, 2.75) is 184 Å². The van der Waals surface area contributed by atoms with Crippen LogP contribution in [0.1, 0.15) is 437 Å². The SMILES string of the molecule is CC(=O)OC(C)=O.NC(=O)O.O=C(c1c(C2CC2)ccc2cncn12)C1CCC(c2ccc3ccsc3c2)CC1.O=C(c1nc(CC(F)(F)F)ccc1C1CC1)C1CCC(c2ccc3ccsc3c2)CC1.OC(c1c(C2CC2)ccc2cncn12)C1CCC(c2ccc3ccsc3c2)CC1.[2H][2H].[2H][2H].[2H][2H].[2H][2H].[2H][2H].[2H][2H].[2H][2H].[2H][2H].[2H][2H].[2H][2H].[2H][2H].[2H][2H].[2H][2H].[2H][2H].[2H][2H].[2H][2H].[2H][2H].[2H][2H].[2H][2H].[2H][2H].[2H][2H].[2H][2H].[2H][2H].[2H][2H].[2H][2H].[2H][2H].[2H][2H].[2H][2H].[2H][2H].[2H][2H].[2H][2H].[2H][2H].[2H][2H].[2H][2H].[2H][2H].[2H][2H].[2H][2H].[2H][2H].[2H][2H].[2H][2H].[2H][2H].[2H][2H].[2H][2H].[2H][2H].[2H][2H].[2H][2H].[2H][2H].[2H][2H].[2H][2H].[2H][2H].[2H][2H].[2H][2H].[2H][2H].[2H][2H].[2H][2H].[2H][2H].[2H][2H].[2H][2H].[2H][2H].[2H][2H].[2H][2H].[2H][2H].[2H][2H].[2H][2H].[2H][2H].[2H][2H].[2H][2H].[B].[H-].[Na+]. The predicted octanol–water partition coefficient (Wildman–Crippen LogP) is 33.4. The number of imidazole rings is 2. The van der Waals surface area contributed by atoms with E-state index in [0.29, 0.717) is 47.0 Å². The number of halogens is 3. The molecular weight excluding hydrogens is 1360 g/mol. The van der Waals surface area contributed by atoms with Gasteiger partial charge in [0.2, 0.25) is 0 Å². The Kier molecular flexibility index (Phi) is 9.28. The first-order valence-electron chi connectivity index (χ1n) is 102. The van der Waals surface area contributed by atoms with E-state index in [9.17, 15) is 37.5 Å². The van der Waals surface area contributed by atoms with Crippen LogP contribution in [0.5, 0.6) is 0 Å². The number of ketones is 2. The second kappa shape index (κ2) is 33.6. The number of Topliss-reactive ketones (excluding diaryl/α,β-unsaturated/α-hetero) is 2.